The Kier molecular flexibility index (Phi) is 7.87. The number of piperazine rings is 1. The summed E-state index contributed by atoms with van der Waals surface area (Å²) in [4.78, 5) is 12.5. The molecule has 3 fully saturated rings. The Balaban J connectivity index is 1.40. The van der Waals surface area contributed by atoms with Gasteiger partial charge in [-0.2, -0.15) is 23.1 Å². The fourth-order valence-corrected chi connectivity index (χ4v) is 7.88. The number of rotatable bonds is 5. The third-order valence-electron chi connectivity index (χ3n) is 10.0. The first-order valence-corrected chi connectivity index (χ1v) is 15.8. The maximum Gasteiger partial charge on any atom is 0.392 e. The average molecular weight is 670 g/mol. The molecule has 0 amide bonds. The number of fused-ring (bicyclic) bond motifs is 4. The molecule has 1 aromatic heterocycles. The van der Waals surface area contributed by atoms with Gasteiger partial charge in [0.25, 0.3) is 0 Å². The fourth-order valence-electron chi connectivity index (χ4n) is 7.88. The number of aromatic nitrogens is 2. The van der Waals surface area contributed by atoms with Gasteiger partial charge in [-0.3, -0.25) is 0 Å². The highest BCUT2D eigenvalue weighted by Gasteiger charge is 2.53. The predicted octanol–water partition coefficient (Wildman–Crippen LogP) is 6.39. The van der Waals surface area contributed by atoms with E-state index in [9.17, 15) is 22.7 Å². The lowest BCUT2D eigenvalue weighted by Crippen LogP contribution is -2.53. The number of piperidine rings is 1. The van der Waals surface area contributed by atoms with E-state index in [-0.39, 0.29) is 82.0 Å². The first-order chi connectivity index (χ1) is 22.8. The van der Waals surface area contributed by atoms with Crippen molar-refractivity contribution < 1.29 is 36.2 Å². The highest BCUT2D eigenvalue weighted by Crippen LogP contribution is 2.46. The third-order valence-corrected chi connectivity index (χ3v) is 10.0. The lowest BCUT2D eigenvalue weighted by atomic mass is 9.72. The number of phenolic OH excluding ortho intramolecular Hbond substituents is 1. The second kappa shape index (κ2) is 11.7. The van der Waals surface area contributed by atoms with E-state index in [1.165, 1.54) is 19.1 Å². The van der Waals surface area contributed by atoms with Gasteiger partial charge in [0.2, 0.25) is 0 Å². The summed E-state index contributed by atoms with van der Waals surface area (Å²) in [6.07, 6.45) is 2.85. The van der Waals surface area contributed by atoms with E-state index in [1.54, 1.807) is 11.9 Å². The molecule has 7 nitrogen and oxygen atoms in total. The SMILES string of the molecule is C#Cc1c(F)ccc2cc(O)cc(-c3c(F)cc4c(N5C[C@H]6CC[C@@H](C5)N6)nc(OC[C@]5(C)CN(C)CCC5C(F)(F)F)nc4c3F)c12. The molecule has 48 heavy (non-hydrogen) atoms. The summed E-state index contributed by atoms with van der Waals surface area (Å²) in [5.41, 5.74) is -2.75. The summed E-state index contributed by atoms with van der Waals surface area (Å²) >= 11 is 0. The van der Waals surface area contributed by atoms with Crippen molar-refractivity contribution in [2.24, 2.45) is 11.3 Å². The van der Waals surface area contributed by atoms with Crippen LogP contribution in [0, 0.1) is 41.1 Å². The van der Waals surface area contributed by atoms with Gasteiger partial charge in [0.1, 0.15) is 28.7 Å². The Morgan fingerprint density at radius 3 is 2.48 bits per heavy atom. The Hall–Kier alpha value is -4.28. The zero-order chi connectivity index (χ0) is 34.1. The molecule has 0 spiro atoms. The van der Waals surface area contributed by atoms with Crippen LogP contribution in [0.5, 0.6) is 11.8 Å². The lowest BCUT2D eigenvalue weighted by molar-refractivity contribution is -0.223. The topological polar surface area (TPSA) is 73.8 Å². The molecule has 4 aromatic rings. The number of alkyl halides is 3. The van der Waals surface area contributed by atoms with Gasteiger partial charge in [-0.1, -0.05) is 18.9 Å². The van der Waals surface area contributed by atoms with Crippen LogP contribution < -0.4 is 15.0 Å². The van der Waals surface area contributed by atoms with Crippen LogP contribution in [-0.2, 0) is 0 Å². The van der Waals surface area contributed by atoms with Crippen molar-refractivity contribution in [2.45, 2.75) is 44.4 Å². The zero-order valence-electron chi connectivity index (χ0n) is 26.3. The molecule has 3 aliphatic rings. The van der Waals surface area contributed by atoms with Crippen LogP contribution in [0.4, 0.5) is 32.2 Å². The largest absolute Gasteiger partial charge is 0.508 e. The number of hydrogen-bond acceptors (Lipinski definition) is 7. The summed E-state index contributed by atoms with van der Waals surface area (Å²) in [5.74, 6) is -2.51. The number of halogens is 6. The van der Waals surface area contributed by atoms with Crippen molar-refractivity contribution in [2.75, 3.05) is 44.7 Å². The Labute approximate surface area is 272 Å². The molecule has 13 heteroatoms. The molecule has 7 rings (SSSR count). The van der Waals surface area contributed by atoms with Crippen LogP contribution in [0.15, 0.2) is 30.3 Å². The number of nitrogens with zero attached hydrogens (tertiary/aromatic N) is 4. The maximum atomic E-state index is 16.8. The highest BCUT2D eigenvalue weighted by molar-refractivity contribution is 6.04. The quantitative estimate of drug-likeness (QED) is 0.189. The minimum absolute atomic E-state index is 0.0180. The van der Waals surface area contributed by atoms with Gasteiger partial charge >= 0.3 is 12.2 Å². The van der Waals surface area contributed by atoms with E-state index >= 15 is 8.78 Å². The lowest BCUT2D eigenvalue weighted by Gasteiger charge is -2.45. The smallest absolute Gasteiger partial charge is 0.392 e. The molecule has 4 heterocycles. The van der Waals surface area contributed by atoms with Crippen molar-refractivity contribution in [3.05, 3.63) is 53.3 Å². The monoisotopic (exact) mass is 669 g/mol. The van der Waals surface area contributed by atoms with Crippen molar-refractivity contribution in [3.63, 3.8) is 0 Å². The van der Waals surface area contributed by atoms with Crippen LogP contribution in [0.3, 0.4) is 0 Å². The molecular formula is C35H33F6N5O2. The Morgan fingerprint density at radius 1 is 1.06 bits per heavy atom. The van der Waals surface area contributed by atoms with Gasteiger partial charge < -0.3 is 25.0 Å². The standard InChI is InChI=1S/C35H33F6N5O2/c1-4-22-25(36)8-5-18-11-21(47)12-23(28(18)22)29-26(37)13-24-31(30(29)38)43-33(44-32(24)46-14-19-6-7-20(15-46)42-19)48-17-34(2)16-45(3)10-9-27(34)35(39,40)41/h1,5,8,11-13,19-20,27,42,47H,6-7,9-10,14-17H2,2-3H3/t19-,20+,27?,34-/m0/s1. The van der Waals surface area contributed by atoms with Gasteiger partial charge in [0, 0.05) is 53.5 Å². The third kappa shape index (κ3) is 5.54. The first-order valence-electron chi connectivity index (χ1n) is 15.8. The Bertz CT molecular complexity index is 1970. The van der Waals surface area contributed by atoms with E-state index in [4.69, 9.17) is 11.2 Å². The van der Waals surface area contributed by atoms with E-state index in [0.717, 1.165) is 31.0 Å². The minimum atomic E-state index is -4.46. The van der Waals surface area contributed by atoms with E-state index < -0.39 is 47.1 Å². The molecule has 2 bridgehead atoms. The molecule has 1 unspecified atom stereocenters. The van der Waals surface area contributed by atoms with E-state index in [1.807, 2.05) is 4.90 Å². The van der Waals surface area contributed by atoms with Gasteiger partial charge in [-0.25, -0.2) is 13.2 Å². The number of likely N-dealkylation sites (tertiary alicyclic amines) is 1. The number of aromatic hydroxyl groups is 1. The first kappa shape index (κ1) is 32.3. The molecule has 3 aromatic carbocycles. The van der Waals surface area contributed by atoms with Gasteiger partial charge in [-0.05, 0) is 62.5 Å². The minimum Gasteiger partial charge on any atom is -0.508 e. The number of anilines is 1. The van der Waals surface area contributed by atoms with Crippen molar-refractivity contribution >= 4 is 27.5 Å². The van der Waals surface area contributed by atoms with Gasteiger partial charge in [0.05, 0.1) is 23.7 Å². The number of phenols is 1. The molecule has 252 valence electrons. The van der Waals surface area contributed by atoms with Crippen LogP contribution in [0.1, 0.15) is 31.7 Å². The van der Waals surface area contributed by atoms with Crippen molar-refractivity contribution in [3.8, 4) is 35.2 Å². The molecule has 3 saturated heterocycles. The normalized spacial score (nSPS) is 24.7. The summed E-state index contributed by atoms with van der Waals surface area (Å²) in [6.45, 7) is 2.43. The molecule has 0 radical (unpaired) electrons. The zero-order valence-corrected chi connectivity index (χ0v) is 26.3. The van der Waals surface area contributed by atoms with Gasteiger partial charge in [0.15, 0.2) is 5.82 Å². The predicted molar refractivity (Wildman–Crippen MR) is 169 cm³/mol. The van der Waals surface area contributed by atoms with Crippen LogP contribution in [0.25, 0.3) is 32.8 Å². The van der Waals surface area contributed by atoms with Crippen molar-refractivity contribution in [1.29, 1.82) is 0 Å². The number of terminal acetylenes is 1. The van der Waals surface area contributed by atoms with Crippen LogP contribution in [-0.4, -0.2) is 78.1 Å². The second-order valence-corrected chi connectivity index (χ2v) is 13.5. The number of nitrogens with one attached hydrogen (secondary N) is 1. The number of ether oxygens (including phenoxy) is 1. The van der Waals surface area contributed by atoms with E-state index in [2.05, 4.69) is 21.2 Å². The van der Waals surface area contributed by atoms with Crippen molar-refractivity contribution in [1.82, 2.24) is 20.2 Å². The number of benzene rings is 3. The second-order valence-electron chi connectivity index (χ2n) is 13.5. The highest BCUT2D eigenvalue weighted by atomic mass is 19.4. The maximum absolute atomic E-state index is 16.8. The molecule has 0 aliphatic carbocycles. The van der Waals surface area contributed by atoms with Crippen LogP contribution >= 0.6 is 0 Å². The molecular weight excluding hydrogens is 636 g/mol. The van der Waals surface area contributed by atoms with Gasteiger partial charge in [-0.15, -0.1) is 6.42 Å². The summed E-state index contributed by atoms with van der Waals surface area (Å²) in [6, 6.07) is 5.81. The fraction of sp³-hybridized carbons (Fsp3) is 0.429. The molecule has 0 saturated carbocycles. The summed E-state index contributed by atoms with van der Waals surface area (Å²) in [7, 11) is 1.74. The van der Waals surface area contributed by atoms with E-state index in [0.29, 0.717) is 13.1 Å². The Morgan fingerprint density at radius 2 is 1.79 bits per heavy atom. The molecule has 3 aliphatic heterocycles. The summed E-state index contributed by atoms with van der Waals surface area (Å²) < 4.78 is 96.3. The van der Waals surface area contributed by atoms with Crippen LogP contribution in [0.2, 0.25) is 0 Å². The summed E-state index contributed by atoms with van der Waals surface area (Å²) in [5, 5.41) is 14.3. The molecule has 2 N–H and O–H groups in total. The molecule has 4 atom stereocenters. The average Bonchev–Trinajstić information content (AvgIpc) is 3.36. The number of hydrogen-bond donors (Lipinski definition) is 2.